The molecule has 0 atom stereocenters. The van der Waals surface area contributed by atoms with Crippen LogP contribution in [0.25, 0.3) is 0 Å². The minimum Gasteiger partial charge on any atom is -0.397 e. The molecular formula is C10H14N2S. The molecule has 2 N–H and O–H groups in total. The van der Waals surface area contributed by atoms with Crippen molar-refractivity contribution in [3.63, 3.8) is 0 Å². The number of hydrogen-bond acceptors (Lipinski definition) is 3. The van der Waals surface area contributed by atoms with Crippen molar-refractivity contribution >= 4 is 22.7 Å². The summed E-state index contributed by atoms with van der Waals surface area (Å²) in [4.78, 5) is 5.21. The SMILES string of the molecule is C=C(C)C(=NC)c1scc(C)c1N. The number of anilines is 1. The third-order valence-corrected chi connectivity index (χ3v) is 2.99. The summed E-state index contributed by atoms with van der Waals surface area (Å²) < 4.78 is 0. The monoisotopic (exact) mass is 194 g/mol. The van der Waals surface area contributed by atoms with Crippen molar-refractivity contribution in [3.8, 4) is 0 Å². The van der Waals surface area contributed by atoms with E-state index in [9.17, 15) is 0 Å². The zero-order valence-corrected chi connectivity index (χ0v) is 9.03. The van der Waals surface area contributed by atoms with E-state index < -0.39 is 0 Å². The minimum atomic E-state index is 0.827. The molecule has 0 radical (unpaired) electrons. The highest BCUT2D eigenvalue weighted by atomic mass is 32.1. The van der Waals surface area contributed by atoms with Crippen molar-refractivity contribution in [2.75, 3.05) is 12.8 Å². The summed E-state index contributed by atoms with van der Waals surface area (Å²) in [6, 6.07) is 0. The molecule has 70 valence electrons. The molecule has 1 rings (SSSR count). The predicted molar refractivity (Wildman–Crippen MR) is 60.7 cm³/mol. The topological polar surface area (TPSA) is 38.4 Å². The van der Waals surface area contributed by atoms with Crippen LogP contribution in [-0.4, -0.2) is 12.8 Å². The average Bonchev–Trinajstić information content (AvgIpc) is 2.37. The molecule has 0 aliphatic rings. The van der Waals surface area contributed by atoms with E-state index in [4.69, 9.17) is 5.73 Å². The van der Waals surface area contributed by atoms with Crippen molar-refractivity contribution in [2.24, 2.45) is 4.99 Å². The highest BCUT2D eigenvalue weighted by Crippen LogP contribution is 2.26. The Kier molecular flexibility index (Phi) is 2.88. The van der Waals surface area contributed by atoms with Gasteiger partial charge in [0, 0.05) is 7.05 Å². The average molecular weight is 194 g/mol. The van der Waals surface area contributed by atoms with E-state index in [1.165, 1.54) is 0 Å². The number of nitrogen functional groups attached to an aromatic ring is 1. The van der Waals surface area contributed by atoms with Crippen molar-refractivity contribution < 1.29 is 0 Å². The second-order valence-electron chi connectivity index (χ2n) is 3.01. The van der Waals surface area contributed by atoms with Gasteiger partial charge in [-0.05, 0) is 30.4 Å². The van der Waals surface area contributed by atoms with Gasteiger partial charge in [0.15, 0.2) is 0 Å². The van der Waals surface area contributed by atoms with Crippen molar-refractivity contribution in [1.82, 2.24) is 0 Å². The zero-order chi connectivity index (χ0) is 10.0. The van der Waals surface area contributed by atoms with Crippen LogP contribution in [0.15, 0.2) is 22.5 Å². The molecule has 0 aliphatic carbocycles. The Morgan fingerprint density at radius 3 is 2.54 bits per heavy atom. The Morgan fingerprint density at radius 2 is 2.23 bits per heavy atom. The number of allylic oxidation sites excluding steroid dienone is 1. The molecule has 13 heavy (non-hydrogen) atoms. The molecule has 0 fully saturated rings. The van der Waals surface area contributed by atoms with E-state index in [1.807, 2.05) is 19.2 Å². The van der Waals surface area contributed by atoms with Crippen LogP contribution in [0, 0.1) is 6.92 Å². The van der Waals surface area contributed by atoms with Crippen LogP contribution in [-0.2, 0) is 0 Å². The fourth-order valence-electron chi connectivity index (χ4n) is 1.12. The maximum Gasteiger partial charge on any atom is 0.0787 e. The second-order valence-corrected chi connectivity index (χ2v) is 3.89. The Bertz CT molecular complexity index is 361. The highest BCUT2D eigenvalue weighted by molar-refractivity contribution is 7.13. The first-order valence-corrected chi connectivity index (χ1v) is 4.92. The Morgan fingerprint density at radius 1 is 1.62 bits per heavy atom. The third-order valence-electron chi connectivity index (χ3n) is 1.87. The molecule has 1 aromatic rings. The minimum absolute atomic E-state index is 0.827. The van der Waals surface area contributed by atoms with E-state index in [1.54, 1.807) is 18.4 Å². The van der Waals surface area contributed by atoms with Gasteiger partial charge in [0.2, 0.25) is 0 Å². The lowest BCUT2D eigenvalue weighted by molar-refractivity contribution is 1.41. The zero-order valence-electron chi connectivity index (χ0n) is 8.22. The molecule has 0 spiro atoms. The van der Waals surface area contributed by atoms with Gasteiger partial charge in [-0.25, -0.2) is 0 Å². The van der Waals surface area contributed by atoms with Gasteiger partial charge in [0.1, 0.15) is 0 Å². The van der Waals surface area contributed by atoms with Gasteiger partial charge in [0.25, 0.3) is 0 Å². The Hall–Kier alpha value is -1.09. The molecule has 0 aromatic carbocycles. The van der Waals surface area contributed by atoms with Crippen LogP contribution in [0.5, 0.6) is 0 Å². The van der Waals surface area contributed by atoms with E-state index in [0.717, 1.165) is 27.4 Å². The molecule has 0 aliphatic heterocycles. The van der Waals surface area contributed by atoms with Crippen LogP contribution in [0.1, 0.15) is 17.4 Å². The smallest absolute Gasteiger partial charge is 0.0787 e. The second kappa shape index (κ2) is 3.75. The summed E-state index contributed by atoms with van der Waals surface area (Å²) in [7, 11) is 1.76. The fourth-order valence-corrected chi connectivity index (χ4v) is 2.21. The number of thiophene rings is 1. The predicted octanol–water partition coefficient (Wildman–Crippen LogP) is 2.63. The molecular weight excluding hydrogens is 180 g/mol. The lowest BCUT2D eigenvalue weighted by Gasteiger charge is -2.03. The molecule has 3 heteroatoms. The normalized spacial score (nSPS) is 11.8. The maximum atomic E-state index is 5.91. The van der Waals surface area contributed by atoms with Crippen LogP contribution in [0.3, 0.4) is 0 Å². The number of hydrogen-bond donors (Lipinski definition) is 1. The molecule has 1 heterocycles. The van der Waals surface area contributed by atoms with Gasteiger partial charge in [-0.15, -0.1) is 11.3 Å². The molecule has 0 saturated heterocycles. The fraction of sp³-hybridized carbons (Fsp3) is 0.300. The summed E-state index contributed by atoms with van der Waals surface area (Å²) in [6.45, 7) is 7.82. The van der Waals surface area contributed by atoms with E-state index in [2.05, 4.69) is 11.6 Å². The Labute approximate surface area is 82.8 Å². The number of nitrogens with zero attached hydrogens (tertiary/aromatic N) is 1. The van der Waals surface area contributed by atoms with Gasteiger partial charge >= 0.3 is 0 Å². The highest BCUT2D eigenvalue weighted by Gasteiger charge is 2.11. The lowest BCUT2D eigenvalue weighted by atomic mass is 10.1. The molecule has 2 nitrogen and oxygen atoms in total. The van der Waals surface area contributed by atoms with Crippen LogP contribution >= 0.6 is 11.3 Å². The third kappa shape index (κ3) is 1.80. The van der Waals surface area contributed by atoms with Gasteiger partial charge in [-0.1, -0.05) is 6.58 Å². The first-order valence-electron chi connectivity index (χ1n) is 4.04. The molecule has 0 bridgehead atoms. The number of aliphatic imine (C=N–C) groups is 1. The largest absolute Gasteiger partial charge is 0.397 e. The number of rotatable bonds is 2. The summed E-state index contributed by atoms with van der Waals surface area (Å²) in [5, 5.41) is 2.04. The summed E-state index contributed by atoms with van der Waals surface area (Å²) in [6.07, 6.45) is 0. The molecule has 0 unspecified atom stereocenters. The number of nitrogens with two attached hydrogens (primary N) is 1. The lowest BCUT2D eigenvalue weighted by Crippen LogP contribution is -2.02. The van der Waals surface area contributed by atoms with Crippen LogP contribution in [0.4, 0.5) is 5.69 Å². The van der Waals surface area contributed by atoms with Crippen molar-refractivity contribution in [1.29, 1.82) is 0 Å². The first kappa shape index (κ1) is 9.99. The molecule has 0 saturated carbocycles. The quantitative estimate of drug-likeness (QED) is 0.722. The van der Waals surface area contributed by atoms with Gasteiger partial charge in [-0.3, -0.25) is 4.99 Å². The number of aryl methyl sites for hydroxylation is 1. The summed E-state index contributed by atoms with van der Waals surface area (Å²) in [5.74, 6) is 0. The van der Waals surface area contributed by atoms with Gasteiger partial charge < -0.3 is 5.73 Å². The molecule has 0 amide bonds. The maximum absolute atomic E-state index is 5.91. The van der Waals surface area contributed by atoms with Crippen LogP contribution in [0.2, 0.25) is 0 Å². The van der Waals surface area contributed by atoms with Crippen LogP contribution < -0.4 is 5.73 Å². The summed E-state index contributed by atoms with van der Waals surface area (Å²) in [5.41, 5.74) is 9.71. The van der Waals surface area contributed by atoms with E-state index >= 15 is 0 Å². The van der Waals surface area contributed by atoms with Crippen molar-refractivity contribution in [2.45, 2.75) is 13.8 Å². The summed E-state index contributed by atoms with van der Waals surface area (Å²) >= 11 is 1.62. The Balaban J connectivity index is 3.21. The van der Waals surface area contributed by atoms with Gasteiger partial charge in [-0.2, -0.15) is 0 Å². The standard InChI is InChI=1S/C10H14N2S/c1-6(2)9(12-4)10-8(11)7(3)5-13-10/h5H,1,11H2,2-4H3. The van der Waals surface area contributed by atoms with Gasteiger partial charge in [0.05, 0.1) is 16.3 Å². The first-order chi connectivity index (χ1) is 6.07. The van der Waals surface area contributed by atoms with E-state index in [-0.39, 0.29) is 0 Å². The van der Waals surface area contributed by atoms with E-state index in [0.29, 0.717) is 0 Å². The molecule has 1 aromatic heterocycles. The van der Waals surface area contributed by atoms with Crippen molar-refractivity contribution in [3.05, 3.63) is 28.0 Å².